The maximum absolute atomic E-state index is 13.3. The molecule has 3 nitrogen and oxygen atoms in total. The third-order valence-electron chi connectivity index (χ3n) is 7.78. The first-order valence-electron chi connectivity index (χ1n) is 13.4. The van der Waals surface area contributed by atoms with E-state index in [4.69, 9.17) is 11.6 Å². The van der Waals surface area contributed by atoms with Crippen molar-refractivity contribution in [3.63, 3.8) is 0 Å². The van der Waals surface area contributed by atoms with Gasteiger partial charge in [-0.2, -0.15) is 13.2 Å². The summed E-state index contributed by atoms with van der Waals surface area (Å²) in [6.07, 6.45) is -4.35. The second kappa shape index (κ2) is 10.7. The van der Waals surface area contributed by atoms with Crippen molar-refractivity contribution in [2.45, 2.75) is 19.6 Å². The van der Waals surface area contributed by atoms with Gasteiger partial charge in [0.15, 0.2) is 0 Å². The molecule has 2 heterocycles. The highest BCUT2D eigenvalue weighted by Crippen LogP contribution is 2.40. The fourth-order valence-electron chi connectivity index (χ4n) is 5.77. The summed E-state index contributed by atoms with van der Waals surface area (Å²) in [4.78, 5) is 8.10. The Hall–Kier alpha value is -3.74. The Balaban J connectivity index is 1.33. The van der Waals surface area contributed by atoms with Gasteiger partial charge in [0.25, 0.3) is 0 Å². The van der Waals surface area contributed by atoms with Gasteiger partial charge in [-0.25, -0.2) is 0 Å². The molecule has 7 heteroatoms. The maximum Gasteiger partial charge on any atom is 0.416 e. The summed E-state index contributed by atoms with van der Waals surface area (Å²) in [6.45, 7) is 5.64. The normalized spacial score (nSPS) is 14.7. The van der Waals surface area contributed by atoms with E-state index in [1.807, 2.05) is 29.2 Å². The number of aromatic amines is 1. The Labute approximate surface area is 236 Å². The van der Waals surface area contributed by atoms with Gasteiger partial charge in [-0.15, -0.1) is 0 Å². The molecule has 0 saturated carbocycles. The van der Waals surface area contributed by atoms with Crippen molar-refractivity contribution < 1.29 is 13.2 Å². The minimum Gasteiger partial charge on any atom is -0.369 e. The third kappa shape index (κ3) is 5.21. The first-order valence-corrected chi connectivity index (χ1v) is 13.8. The number of anilines is 1. The monoisotopic (exact) mass is 559 g/mol. The largest absolute Gasteiger partial charge is 0.416 e. The quantitative estimate of drug-likeness (QED) is 0.232. The number of nitrogens with zero attached hydrogens (tertiary/aromatic N) is 2. The molecule has 0 bridgehead atoms. The lowest BCUT2D eigenvalue weighted by atomic mass is 9.93. The summed E-state index contributed by atoms with van der Waals surface area (Å²) < 4.78 is 39.8. The van der Waals surface area contributed by atoms with Gasteiger partial charge in [0, 0.05) is 54.7 Å². The van der Waals surface area contributed by atoms with Crippen LogP contribution in [-0.2, 0) is 12.7 Å². The minimum atomic E-state index is -4.35. The summed E-state index contributed by atoms with van der Waals surface area (Å²) in [6, 6.07) is 28.3. The number of nitrogens with one attached hydrogen (secondary N) is 1. The van der Waals surface area contributed by atoms with E-state index in [0.717, 1.165) is 42.7 Å². The Kier molecular flexibility index (Phi) is 7.07. The molecule has 1 fully saturated rings. The number of aryl methyl sites for hydroxylation is 1. The first kappa shape index (κ1) is 26.5. The van der Waals surface area contributed by atoms with E-state index in [0.29, 0.717) is 23.8 Å². The number of benzene rings is 4. The first-order chi connectivity index (χ1) is 19.3. The van der Waals surface area contributed by atoms with Gasteiger partial charge in [0.2, 0.25) is 0 Å². The van der Waals surface area contributed by atoms with E-state index >= 15 is 0 Å². The molecule has 6 rings (SSSR count). The fraction of sp³-hybridized carbons (Fsp3) is 0.212. The Bertz CT molecular complexity index is 1640. The zero-order valence-electron chi connectivity index (χ0n) is 22.1. The Morgan fingerprint density at radius 3 is 2.27 bits per heavy atom. The van der Waals surface area contributed by atoms with Crippen LogP contribution in [-0.4, -0.2) is 36.1 Å². The van der Waals surface area contributed by atoms with Crippen LogP contribution in [0.3, 0.4) is 0 Å². The second-order valence-corrected chi connectivity index (χ2v) is 10.8. The molecular weight excluding hydrogens is 531 g/mol. The van der Waals surface area contributed by atoms with Gasteiger partial charge < -0.3 is 9.88 Å². The molecule has 1 aromatic heterocycles. The number of fused-ring (bicyclic) bond motifs is 1. The third-order valence-corrected chi connectivity index (χ3v) is 8.03. The maximum atomic E-state index is 13.3. The van der Waals surface area contributed by atoms with Crippen LogP contribution in [0.1, 0.15) is 16.8 Å². The molecule has 0 unspecified atom stereocenters. The highest BCUT2D eigenvalue weighted by Gasteiger charge is 2.31. The lowest BCUT2D eigenvalue weighted by Crippen LogP contribution is -2.46. The minimum absolute atomic E-state index is 0.609. The number of rotatable bonds is 5. The number of piperazine rings is 1. The molecule has 4 aromatic carbocycles. The zero-order chi connectivity index (χ0) is 27.9. The molecule has 204 valence electrons. The lowest BCUT2D eigenvalue weighted by Gasteiger charge is -2.36. The second-order valence-electron chi connectivity index (χ2n) is 10.3. The van der Waals surface area contributed by atoms with E-state index in [-0.39, 0.29) is 0 Å². The summed E-state index contributed by atoms with van der Waals surface area (Å²) in [7, 11) is 0. The van der Waals surface area contributed by atoms with E-state index in [9.17, 15) is 13.2 Å². The Morgan fingerprint density at radius 1 is 0.825 bits per heavy atom. The zero-order valence-corrected chi connectivity index (χ0v) is 22.9. The number of aromatic nitrogens is 1. The Morgan fingerprint density at radius 2 is 1.52 bits per heavy atom. The van der Waals surface area contributed by atoms with Gasteiger partial charge in [0.05, 0.1) is 11.3 Å². The molecule has 0 radical (unpaired) electrons. The van der Waals surface area contributed by atoms with E-state index in [1.54, 1.807) is 6.07 Å². The number of hydrogen-bond acceptors (Lipinski definition) is 2. The predicted molar refractivity (Wildman–Crippen MR) is 158 cm³/mol. The molecule has 1 aliphatic heterocycles. The molecule has 0 aliphatic carbocycles. The van der Waals surface area contributed by atoms with Crippen molar-refractivity contribution >= 4 is 28.1 Å². The summed E-state index contributed by atoms with van der Waals surface area (Å²) in [5, 5.41) is 3.08. The van der Waals surface area contributed by atoms with E-state index in [2.05, 4.69) is 59.3 Å². The van der Waals surface area contributed by atoms with Crippen LogP contribution in [0.2, 0.25) is 5.02 Å². The summed E-state index contributed by atoms with van der Waals surface area (Å²) in [5.74, 6) is 0. The van der Waals surface area contributed by atoms with Crippen molar-refractivity contribution in [2.24, 2.45) is 0 Å². The SMILES string of the molecule is Cc1[nH]c(-c2ccc(Cl)cc2)c(CN2CCN(c3cccc(C(F)(F)F)c3)CC2)c1-c1cccc2ccccc12. The van der Waals surface area contributed by atoms with Gasteiger partial charge in [-0.1, -0.05) is 72.3 Å². The van der Waals surface area contributed by atoms with Crippen LogP contribution in [0.25, 0.3) is 33.2 Å². The topological polar surface area (TPSA) is 22.3 Å². The highest BCUT2D eigenvalue weighted by molar-refractivity contribution is 6.30. The molecule has 0 atom stereocenters. The summed E-state index contributed by atoms with van der Waals surface area (Å²) in [5.41, 5.74) is 6.83. The van der Waals surface area contributed by atoms with Crippen LogP contribution in [0.4, 0.5) is 18.9 Å². The molecule has 0 spiro atoms. The molecule has 5 aromatic rings. The lowest BCUT2D eigenvalue weighted by molar-refractivity contribution is -0.137. The fourth-order valence-corrected chi connectivity index (χ4v) is 5.90. The van der Waals surface area contributed by atoms with Crippen LogP contribution in [0.5, 0.6) is 0 Å². The smallest absolute Gasteiger partial charge is 0.369 e. The molecule has 1 N–H and O–H groups in total. The van der Waals surface area contributed by atoms with Crippen LogP contribution >= 0.6 is 11.6 Å². The molecular formula is C33H29ClF3N3. The van der Waals surface area contributed by atoms with Crippen LogP contribution < -0.4 is 4.90 Å². The van der Waals surface area contributed by atoms with Crippen molar-refractivity contribution in [2.75, 3.05) is 31.1 Å². The number of alkyl halides is 3. The number of hydrogen-bond donors (Lipinski definition) is 1. The van der Waals surface area contributed by atoms with Gasteiger partial charge in [-0.3, -0.25) is 4.90 Å². The summed E-state index contributed by atoms with van der Waals surface area (Å²) >= 11 is 6.21. The van der Waals surface area contributed by atoms with E-state index < -0.39 is 11.7 Å². The molecule has 0 amide bonds. The van der Waals surface area contributed by atoms with Crippen molar-refractivity contribution in [1.29, 1.82) is 0 Å². The average Bonchev–Trinajstić information content (AvgIpc) is 3.28. The van der Waals surface area contributed by atoms with Crippen LogP contribution in [0.15, 0.2) is 91.0 Å². The van der Waals surface area contributed by atoms with Gasteiger partial charge in [-0.05, 0) is 64.7 Å². The van der Waals surface area contributed by atoms with Crippen molar-refractivity contribution in [3.8, 4) is 22.4 Å². The van der Waals surface area contributed by atoms with Crippen molar-refractivity contribution in [3.05, 3.63) is 113 Å². The highest BCUT2D eigenvalue weighted by atomic mass is 35.5. The number of halogens is 4. The van der Waals surface area contributed by atoms with Crippen molar-refractivity contribution in [1.82, 2.24) is 9.88 Å². The molecule has 1 saturated heterocycles. The van der Waals surface area contributed by atoms with E-state index in [1.165, 1.54) is 39.6 Å². The standard InChI is InChI=1S/C33H29ClF3N3/c1-22-31(29-11-4-7-23-6-2-3-10-28(23)29)30(32(38-22)24-12-14-26(34)15-13-24)21-39-16-18-40(19-17-39)27-9-5-8-25(20-27)33(35,36)37/h2-15,20,38H,16-19,21H2,1H3. The van der Waals surface area contributed by atoms with Gasteiger partial charge >= 0.3 is 6.18 Å². The molecule has 40 heavy (non-hydrogen) atoms. The van der Waals surface area contributed by atoms with Gasteiger partial charge in [0.1, 0.15) is 0 Å². The predicted octanol–water partition coefficient (Wildman–Crippen LogP) is 8.80. The molecule has 1 aliphatic rings. The average molecular weight is 560 g/mol. The van der Waals surface area contributed by atoms with Crippen LogP contribution in [0, 0.1) is 6.92 Å². The number of H-pyrrole nitrogens is 1.